The van der Waals surface area contributed by atoms with Crippen LogP contribution in [0.2, 0.25) is 0 Å². The number of halogens is 1. The molecule has 1 aromatic carbocycles. The van der Waals surface area contributed by atoms with Gasteiger partial charge in [-0.15, -0.1) is 0 Å². The molecule has 2 unspecified atom stereocenters. The van der Waals surface area contributed by atoms with Crippen LogP contribution in [-0.2, 0) is 4.74 Å². The van der Waals surface area contributed by atoms with Crippen LogP contribution < -0.4 is 11.1 Å². The minimum Gasteiger partial charge on any atom is -0.398 e. The van der Waals surface area contributed by atoms with Crippen molar-refractivity contribution in [2.24, 2.45) is 5.92 Å². The number of aromatic nitrogens is 1. The topological polar surface area (TPSA) is 60.2 Å². The van der Waals surface area contributed by atoms with Crippen LogP contribution in [-0.4, -0.2) is 23.7 Å². The molecule has 110 valence electrons. The zero-order valence-electron chi connectivity index (χ0n) is 11.7. The lowest BCUT2D eigenvalue weighted by atomic mass is 10.0. The fourth-order valence-corrected chi connectivity index (χ4v) is 3.52. The van der Waals surface area contributed by atoms with Gasteiger partial charge in [0.1, 0.15) is 0 Å². The number of pyridine rings is 1. The maximum absolute atomic E-state index is 6.07. The van der Waals surface area contributed by atoms with E-state index in [1.807, 2.05) is 24.4 Å². The van der Waals surface area contributed by atoms with Gasteiger partial charge in [-0.1, -0.05) is 0 Å². The lowest BCUT2D eigenvalue weighted by Gasteiger charge is -2.21. The molecule has 0 spiro atoms. The number of hydrogen-bond acceptors (Lipinski definition) is 4. The minimum atomic E-state index is 0.355. The highest BCUT2D eigenvalue weighted by atomic mass is 79.9. The first-order valence-corrected chi connectivity index (χ1v) is 8.23. The minimum absolute atomic E-state index is 0.355. The standard InChI is InChI=1S/C16H18BrN3O/c17-10-7-11-12(18)3-4-13(15(11)19-8-10)20-14-5-6-21-16(14)9-1-2-9/h3-4,7-9,14,16,20H,1-2,5-6,18H2. The Balaban J connectivity index is 1.68. The van der Waals surface area contributed by atoms with Crippen molar-refractivity contribution in [3.63, 3.8) is 0 Å². The van der Waals surface area contributed by atoms with Crippen molar-refractivity contribution in [3.8, 4) is 0 Å². The fraction of sp³-hybridized carbons (Fsp3) is 0.438. The molecule has 21 heavy (non-hydrogen) atoms. The van der Waals surface area contributed by atoms with Crippen LogP contribution in [0.3, 0.4) is 0 Å². The first kappa shape index (κ1) is 13.3. The summed E-state index contributed by atoms with van der Waals surface area (Å²) < 4.78 is 6.84. The third-order valence-electron chi connectivity index (χ3n) is 4.41. The summed E-state index contributed by atoms with van der Waals surface area (Å²) in [5, 5.41) is 4.63. The number of nitrogens with zero attached hydrogens (tertiary/aromatic N) is 1. The van der Waals surface area contributed by atoms with E-state index in [0.29, 0.717) is 12.1 Å². The molecule has 5 heteroatoms. The number of nitrogen functional groups attached to an aromatic ring is 1. The average Bonchev–Trinajstić information content (AvgIpc) is 3.22. The van der Waals surface area contributed by atoms with Crippen LogP contribution in [0.25, 0.3) is 10.9 Å². The maximum atomic E-state index is 6.07. The van der Waals surface area contributed by atoms with Gasteiger partial charge in [-0.05, 0) is 59.3 Å². The van der Waals surface area contributed by atoms with Crippen LogP contribution in [0.5, 0.6) is 0 Å². The normalized spacial score (nSPS) is 25.4. The number of fused-ring (bicyclic) bond motifs is 1. The number of rotatable bonds is 3. The first-order valence-electron chi connectivity index (χ1n) is 7.44. The van der Waals surface area contributed by atoms with Crippen molar-refractivity contribution in [1.82, 2.24) is 4.98 Å². The Morgan fingerprint density at radius 2 is 2.14 bits per heavy atom. The van der Waals surface area contributed by atoms with E-state index in [9.17, 15) is 0 Å². The summed E-state index contributed by atoms with van der Waals surface area (Å²) in [5.74, 6) is 0.743. The molecule has 1 saturated heterocycles. The SMILES string of the molecule is Nc1ccc(NC2CCOC2C2CC2)c2ncc(Br)cc12. The van der Waals surface area contributed by atoms with Gasteiger partial charge >= 0.3 is 0 Å². The molecule has 2 atom stereocenters. The van der Waals surface area contributed by atoms with Crippen molar-refractivity contribution in [1.29, 1.82) is 0 Å². The van der Waals surface area contributed by atoms with Crippen molar-refractivity contribution in [2.75, 3.05) is 17.7 Å². The summed E-state index contributed by atoms with van der Waals surface area (Å²) in [5.41, 5.74) is 8.81. The number of anilines is 2. The maximum Gasteiger partial charge on any atom is 0.0954 e. The molecule has 1 saturated carbocycles. The summed E-state index contributed by atoms with van der Waals surface area (Å²) in [6, 6.07) is 6.38. The molecular formula is C16H18BrN3O. The van der Waals surface area contributed by atoms with E-state index in [1.54, 1.807) is 0 Å². The number of benzene rings is 1. The zero-order valence-corrected chi connectivity index (χ0v) is 13.3. The average molecular weight is 348 g/mol. The molecule has 1 aliphatic heterocycles. The van der Waals surface area contributed by atoms with Gasteiger partial charge in [0.25, 0.3) is 0 Å². The van der Waals surface area contributed by atoms with Gasteiger partial charge in [0.2, 0.25) is 0 Å². The van der Waals surface area contributed by atoms with Crippen LogP contribution in [0, 0.1) is 5.92 Å². The van der Waals surface area contributed by atoms with Gasteiger partial charge in [-0.25, -0.2) is 0 Å². The quantitative estimate of drug-likeness (QED) is 0.833. The zero-order chi connectivity index (χ0) is 14.4. The van der Waals surface area contributed by atoms with Crippen LogP contribution >= 0.6 is 15.9 Å². The molecule has 0 bridgehead atoms. The summed E-state index contributed by atoms with van der Waals surface area (Å²) in [6.45, 7) is 0.852. The third-order valence-corrected chi connectivity index (χ3v) is 4.85. The molecule has 4 nitrogen and oxygen atoms in total. The molecule has 4 rings (SSSR count). The molecular weight excluding hydrogens is 330 g/mol. The van der Waals surface area contributed by atoms with E-state index in [4.69, 9.17) is 10.5 Å². The van der Waals surface area contributed by atoms with E-state index in [0.717, 1.165) is 45.7 Å². The van der Waals surface area contributed by atoms with E-state index in [-0.39, 0.29) is 0 Å². The predicted molar refractivity (Wildman–Crippen MR) is 88.3 cm³/mol. The van der Waals surface area contributed by atoms with Gasteiger partial charge in [0.15, 0.2) is 0 Å². The Morgan fingerprint density at radius 3 is 2.95 bits per heavy atom. The van der Waals surface area contributed by atoms with Crippen LogP contribution in [0.15, 0.2) is 28.9 Å². The highest BCUT2D eigenvalue weighted by Gasteiger charge is 2.40. The van der Waals surface area contributed by atoms with Crippen molar-refractivity contribution < 1.29 is 4.74 Å². The largest absolute Gasteiger partial charge is 0.398 e. The highest BCUT2D eigenvalue weighted by Crippen LogP contribution is 2.40. The van der Waals surface area contributed by atoms with Crippen molar-refractivity contribution in [2.45, 2.75) is 31.4 Å². The molecule has 0 radical (unpaired) electrons. The van der Waals surface area contributed by atoms with Gasteiger partial charge in [0, 0.05) is 28.4 Å². The summed E-state index contributed by atoms with van der Waals surface area (Å²) in [7, 11) is 0. The Morgan fingerprint density at radius 1 is 1.29 bits per heavy atom. The number of nitrogens with two attached hydrogens (primary N) is 1. The Kier molecular flexibility index (Phi) is 3.27. The first-order chi connectivity index (χ1) is 10.2. The molecule has 2 aliphatic rings. The Bertz CT molecular complexity index is 687. The second kappa shape index (κ2) is 5.14. The van der Waals surface area contributed by atoms with E-state index in [1.165, 1.54) is 12.8 Å². The second-order valence-electron chi connectivity index (χ2n) is 5.96. The fourth-order valence-electron chi connectivity index (χ4n) is 3.19. The Labute approximate surface area is 132 Å². The molecule has 1 aromatic heterocycles. The molecule has 3 N–H and O–H groups in total. The van der Waals surface area contributed by atoms with Crippen molar-refractivity contribution in [3.05, 3.63) is 28.9 Å². The summed E-state index contributed by atoms with van der Waals surface area (Å²) >= 11 is 3.46. The van der Waals surface area contributed by atoms with E-state index in [2.05, 4.69) is 26.2 Å². The smallest absolute Gasteiger partial charge is 0.0954 e. The predicted octanol–water partition coefficient (Wildman–Crippen LogP) is 3.56. The second-order valence-corrected chi connectivity index (χ2v) is 6.88. The van der Waals surface area contributed by atoms with Crippen molar-refractivity contribution >= 4 is 38.2 Å². The lowest BCUT2D eigenvalue weighted by molar-refractivity contribution is 0.0899. The van der Waals surface area contributed by atoms with Crippen LogP contribution in [0.1, 0.15) is 19.3 Å². The number of nitrogens with one attached hydrogen (secondary N) is 1. The molecule has 2 heterocycles. The molecule has 2 fully saturated rings. The lowest BCUT2D eigenvalue weighted by Crippen LogP contribution is -2.31. The molecule has 2 aromatic rings. The summed E-state index contributed by atoms with van der Waals surface area (Å²) in [6.07, 6.45) is 5.83. The number of hydrogen-bond donors (Lipinski definition) is 2. The summed E-state index contributed by atoms with van der Waals surface area (Å²) in [4.78, 5) is 4.54. The number of ether oxygens (including phenoxy) is 1. The molecule has 0 amide bonds. The monoisotopic (exact) mass is 347 g/mol. The van der Waals surface area contributed by atoms with Gasteiger partial charge in [0.05, 0.1) is 23.3 Å². The van der Waals surface area contributed by atoms with Gasteiger partial charge < -0.3 is 15.8 Å². The van der Waals surface area contributed by atoms with E-state index < -0.39 is 0 Å². The highest BCUT2D eigenvalue weighted by molar-refractivity contribution is 9.10. The van der Waals surface area contributed by atoms with Gasteiger partial charge in [-0.2, -0.15) is 0 Å². The third kappa shape index (κ3) is 2.49. The van der Waals surface area contributed by atoms with Crippen LogP contribution in [0.4, 0.5) is 11.4 Å². The van der Waals surface area contributed by atoms with E-state index >= 15 is 0 Å². The van der Waals surface area contributed by atoms with Gasteiger partial charge in [-0.3, -0.25) is 4.98 Å². The Hall–Kier alpha value is -1.33. The molecule has 1 aliphatic carbocycles.